The van der Waals surface area contributed by atoms with Gasteiger partial charge in [-0.25, -0.2) is 0 Å². The van der Waals surface area contributed by atoms with Gasteiger partial charge in [0.1, 0.15) is 32.1 Å². The largest absolute Gasteiger partial charge is 0.507 e. The minimum Gasteiger partial charge on any atom is -0.507 e. The van der Waals surface area contributed by atoms with E-state index in [4.69, 9.17) is 23.7 Å². The van der Waals surface area contributed by atoms with Crippen molar-refractivity contribution in [3.8, 4) is 23.0 Å². The first-order valence-electron chi connectivity index (χ1n) is 14.4. The number of carbonyl (C=O) groups excluding carboxylic acids is 2. The van der Waals surface area contributed by atoms with Crippen molar-refractivity contribution in [3.05, 3.63) is 53.1 Å². The van der Waals surface area contributed by atoms with Crippen LogP contribution in [0.15, 0.2) is 42.0 Å². The molecule has 0 saturated carbocycles. The van der Waals surface area contributed by atoms with E-state index in [1.165, 1.54) is 4.90 Å². The maximum absolute atomic E-state index is 13.5. The molecule has 5 rings (SSSR count). The van der Waals surface area contributed by atoms with Crippen LogP contribution in [0, 0.1) is 0 Å². The number of rotatable bonds is 11. The molecule has 0 radical (unpaired) electrons. The Bertz CT molecular complexity index is 1290. The van der Waals surface area contributed by atoms with Gasteiger partial charge in [0.2, 0.25) is 0 Å². The zero-order valence-corrected chi connectivity index (χ0v) is 23.8. The fraction of sp³-hybridized carbons (Fsp3) is 0.484. The lowest BCUT2D eigenvalue weighted by Gasteiger charge is -2.28. The number of ketones is 1. The van der Waals surface area contributed by atoms with Crippen molar-refractivity contribution >= 4 is 17.4 Å². The first-order chi connectivity index (χ1) is 20.0. The van der Waals surface area contributed by atoms with Gasteiger partial charge in [-0.1, -0.05) is 19.4 Å². The normalized spacial score (nSPS) is 20.3. The van der Waals surface area contributed by atoms with Gasteiger partial charge in [0.25, 0.3) is 11.7 Å². The highest BCUT2D eigenvalue weighted by atomic mass is 16.6. The summed E-state index contributed by atoms with van der Waals surface area (Å²) < 4.78 is 28.3. The summed E-state index contributed by atoms with van der Waals surface area (Å²) >= 11 is 0. The number of amides is 1. The van der Waals surface area contributed by atoms with Crippen LogP contribution in [0.2, 0.25) is 0 Å². The third-order valence-corrected chi connectivity index (χ3v) is 7.74. The second-order valence-electron chi connectivity index (χ2n) is 10.4. The maximum atomic E-state index is 13.5. The molecule has 0 spiro atoms. The fourth-order valence-corrected chi connectivity index (χ4v) is 5.51. The number of aliphatic hydroxyl groups excluding tert-OH is 1. The van der Waals surface area contributed by atoms with Crippen molar-refractivity contribution in [1.82, 2.24) is 4.90 Å². The standard InChI is InChI=1S/C31H38N2O8/c1-3-4-14-39-23-8-6-21(19-25(23)37-2)28-27(29(34)22-7-9-24-26(20-22)41-18-17-40-24)30(35)31(36)33(28)11-5-10-32-12-15-38-16-13-32/h6-9,19-20,28,34H,3-5,10-18H2,1-2H3/p+1/t28-/m0/s1. The first kappa shape index (κ1) is 28.8. The summed E-state index contributed by atoms with van der Waals surface area (Å²) in [6.45, 7) is 7.99. The van der Waals surface area contributed by atoms with Gasteiger partial charge in [-0.15, -0.1) is 0 Å². The Balaban J connectivity index is 1.50. The molecule has 2 saturated heterocycles. The lowest BCUT2D eigenvalue weighted by Crippen LogP contribution is -3.14. The molecule has 10 heteroatoms. The smallest absolute Gasteiger partial charge is 0.295 e. The molecule has 3 aliphatic rings. The Labute approximate surface area is 240 Å². The van der Waals surface area contributed by atoms with Crippen LogP contribution in [0.25, 0.3) is 5.76 Å². The van der Waals surface area contributed by atoms with Crippen LogP contribution < -0.4 is 23.8 Å². The van der Waals surface area contributed by atoms with Crippen molar-refractivity contribution in [2.24, 2.45) is 0 Å². The van der Waals surface area contributed by atoms with Gasteiger partial charge in [-0.05, 0) is 42.3 Å². The fourth-order valence-electron chi connectivity index (χ4n) is 5.51. The summed E-state index contributed by atoms with van der Waals surface area (Å²) in [4.78, 5) is 30.0. The number of likely N-dealkylation sites (tertiary alicyclic amines) is 1. The highest BCUT2D eigenvalue weighted by Crippen LogP contribution is 2.43. The Morgan fingerprint density at radius 1 is 1.00 bits per heavy atom. The lowest BCUT2D eigenvalue weighted by atomic mass is 9.94. The number of hydrogen-bond acceptors (Lipinski definition) is 8. The van der Waals surface area contributed by atoms with Gasteiger partial charge in [0, 0.05) is 18.5 Å². The summed E-state index contributed by atoms with van der Waals surface area (Å²) in [6.07, 6.45) is 2.62. The van der Waals surface area contributed by atoms with Crippen molar-refractivity contribution in [2.75, 3.05) is 66.3 Å². The van der Waals surface area contributed by atoms with Crippen molar-refractivity contribution in [2.45, 2.75) is 32.2 Å². The van der Waals surface area contributed by atoms with Gasteiger partial charge < -0.3 is 38.6 Å². The molecule has 2 aromatic carbocycles. The van der Waals surface area contributed by atoms with E-state index >= 15 is 0 Å². The summed E-state index contributed by atoms with van der Waals surface area (Å²) in [7, 11) is 1.56. The molecular weight excluding hydrogens is 528 g/mol. The minimum atomic E-state index is -0.790. The van der Waals surface area contributed by atoms with E-state index < -0.39 is 17.7 Å². The summed E-state index contributed by atoms with van der Waals surface area (Å²) in [5.74, 6) is 0.532. The van der Waals surface area contributed by atoms with Crippen LogP contribution in [0.4, 0.5) is 0 Å². The summed E-state index contributed by atoms with van der Waals surface area (Å²) in [6, 6.07) is 9.63. The van der Waals surface area contributed by atoms with Crippen molar-refractivity contribution < 1.29 is 43.3 Å². The number of quaternary nitrogens is 1. The monoisotopic (exact) mass is 567 g/mol. The van der Waals surface area contributed by atoms with Crippen molar-refractivity contribution in [1.29, 1.82) is 0 Å². The highest BCUT2D eigenvalue weighted by molar-refractivity contribution is 6.46. The number of methoxy groups -OCH3 is 1. The molecule has 0 aliphatic carbocycles. The van der Waals surface area contributed by atoms with Crippen LogP contribution in [-0.4, -0.2) is 88.0 Å². The molecular formula is C31H39N2O8+. The number of aliphatic hydroxyl groups is 1. The molecule has 2 fully saturated rings. The average Bonchev–Trinajstić information content (AvgIpc) is 3.26. The number of nitrogens with one attached hydrogen (secondary N) is 1. The molecule has 41 heavy (non-hydrogen) atoms. The van der Waals surface area contributed by atoms with E-state index in [-0.39, 0.29) is 11.3 Å². The molecule has 0 bridgehead atoms. The average molecular weight is 568 g/mol. The van der Waals surface area contributed by atoms with Gasteiger partial charge in [-0.3, -0.25) is 9.59 Å². The molecule has 3 aliphatic heterocycles. The zero-order chi connectivity index (χ0) is 28.8. The Morgan fingerprint density at radius 3 is 2.54 bits per heavy atom. The second kappa shape index (κ2) is 13.3. The van der Waals surface area contributed by atoms with Gasteiger partial charge in [0.15, 0.2) is 23.0 Å². The Hall–Kier alpha value is -3.76. The molecule has 1 amide bonds. The summed E-state index contributed by atoms with van der Waals surface area (Å²) in [5, 5.41) is 11.5. The van der Waals surface area contributed by atoms with Gasteiger partial charge in [0.05, 0.1) is 45.1 Å². The number of benzene rings is 2. The molecule has 2 aromatic rings. The molecule has 0 aromatic heterocycles. The van der Waals surface area contributed by atoms with Crippen LogP contribution in [0.3, 0.4) is 0 Å². The van der Waals surface area contributed by atoms with E-state index in [1.807, 2.05) is 6.07 Å². The summed E-state index contributed by atoms with van der Waals surface area (Å²) in [5.41, 5.74) is 1.07. The number of Topliss-reactive ketones (excluding diaryl/α,β-unsaturated/α-hetero) is 1. The van der Waals surface area contributed by atoms with E-state index in [1.54, 1.807) is 42.3 Å². The van der Waals surface area contributed by atoms with Crippen LogP contribution in [0.1, 0.15) is 43.4 Å². The number of morpholine rings is 1. The minimum absolute atomic E-state index is 0.0344. The number of carbonyl (C=O) groups is 2. The van der Waals surface area contributed by atoms with E-state index in [2.05, 4.69) is 6.92 Å². The van der Waals surface area contributed by atoms with Crippen LogP contribution in [-0.2, 0) is 14.3 Å². The van der Waals surface area contributed by atoms with E-state index in [0.717, 1.165) is 45.7 Å². The number of ether oxygens (including phenoxy) is 5. The SMILES string of the molecule is CCCCOc1ccc([C@H]2C(=C(O)c3ccc4c(c3)OCCO4)C(=O)C(=O)N2CCC[NH+]2CCOCC2)cc1OC. The Kier molecular flexibility index (Phi) is 9.31. The second-order valence-corrected chi connectivity index (χ2v) is 10.4. The topological polar surface area (TPSA) is 108 Å². The zero-order valence-electron chi connectivity index (χ0n) is 23.8. The number of hydrogen-bond donors (Lipinski definition) is 2. The number of unbranched alkanes of at least 4 members (excludes halogenated alkanes) is 1. The maximum Gasteiger partial charge on any atom is 0.295 e. The third kappa shape index (κ3) is 6.28. The lowest BCUT2D eigenvalue weighted by molar-refractivity contribution is -0.908. The molecule has 1 atom stereocenters. The predicted molar refractivity (Wildman–Crippen MR) is 151 cm³/mol. The molecule has 10 nitrogen and oxygen atoms in total. The van der Waals surface area contributed by atoms with Crippen molar-refractivity contribution in [3.63, 3.8) is 0 Å². The van der Waals surface area contributed by atoms with Gasteiger partial charge >= 0.3 is 0 Å². The van der Waals surface area contributed by atoms with E-state index in [0.29, 0.717) is 66.9 Å². The first-order valence-corrected chi connectivity index (χ1v) is 14.4. The number of nitrogens with zero attached hydrogens (tertiary/aromatic N) is 1. The highest BCUT2D eigenvalue weighted by Gasteiger charge is 2.46. The molecule has 220 valence electrons. The molecule has 3 heterocycles. The quantitative estimate of drug-likeness (QED) is 0.185. The predicted octanol–water partition coefficient (Wildman–Crippen LogP) is 2.37. The third-order valence-electron chi connectivity index (χ3n) is 7.74. The van der Waals surface area contributed by atoms with Crippen LogP contribution >= 0.6 is 0 Å². The molecule has 2 N–H and O–H groups in total. The van der Waals surface area contributed by atoms with E-state index in [9.17, 15) is 14.7 Å². The number of fused-ring (bicyclic) bond motifs is 1. The van der Waals surface area contributed by atoms with Crippen LogP contribution in [0.5, 0.6) is 23.0 Å². The van der Waals surface area contributed by atoms with Gasteiger partial charge in [-0.2, -0.15) is 0 Å². The Morgan fingerprint density at radius 2 is 1.78 bits per heavy atom. The molecule has 0 unspecified atom stereocenters.